The largest absolute Gasteiger partial charge is 0.293 e. The van der Waals surface area contributed by atoms with Crippen LogP contribution in [-0.4, -0.2) is 26.3 Å². The quantitative estimate of drug-likeness (QED) is 0.489. The molecular weight excluding hydrogens is 316 g/mol. The van der Waals surface area contributed by atoms with Crippen molar-refractivity contribution in [3.8, 4) is 0 Å². The van der Waals surface area contributed by atoms with Crippen molar-refractivity contribution in [3.63, 3.8) is 0 Å². The number of Topliss-reactive ketones (excluding diaryl/α,β-unsaturated/α-hetero) is 1. The number of rotatable bonds is 4. The van der Waals surface area contributed by atoms with E-state index in [-0.39, 0.29) is 17.1 Å². The smallest absolute Gasteiger partial charge is 0.267 e. The summed E-state index contributed by atoms with van der Waals surface area (Å²) >= 11 is 2.91. The Hall–Kier alpha value is -1.53. The Labute approximate surface area is 137 Å². The van der Waals surface area contributed by atoms with Gasteiger partial charge in [-0.3, -0.25) is 14.2 Å². The Morgan fingerprint density at radius 1 is 1.41 bits per heavy atom. The second-order valence-electron chi connectivity index (χ2n) is 5.24. The van der Waals surface area contributed by atoms with Gasteiger partial charge in [-0.25, -0.2) is 4.98 Å². The highest BCUT2D eigenvalue weighted by atomic mass is 32.2. The lowest BCUT2D eigenvalue weighted by molar-refractivity contribution is 0.102. The van der Waals surface area contributed by atoms with E-state index < -0.39 is 0 Å². The molecule has 1 aromatic heterocycles. The molecule has 0 amide bonds. The summed E-state index contributed by atoms with van der Waals surface area (Å²) < 4.78 is 1.55. The van der Waals surface area contributed by atoms with Gasteiger partial charge >= 0.3 is 0 Å². The van der Waals surface area contributed by atoms with Crippen LogP contribution in [0.15, 0.2) is 45.2 Å². The molecule has 1 atom stereocenters. The summed E-state index contributed by atoms with van der Waals surface area (Å²) in [5.74, 6) is 0.328. The van der Waals surface area contributed by atoms with E-state index in [2.05, 4.69) is 11.9 Å². The maximum Gasteiger partial charge on any atom is 0.267 e. The predicted octanol–water partition coefficient (Wildman–Crippen LogP) is 2.79. The first-order valence-electron chi connectivity index (χ1n) is 7.04. The molecule has 0 saturated carbocycles. The molecule has 0 saturated heterocycles. The molecule has 2 heterocycles. The molecular formula is C16H16N2O2S2. The number of carbonyl (C=O) groups excluding carboxylic acids is 1. The topological polar surface area (TPSA) is 52.0 Å². The van der Waals surface area contributed by atoms with Crippen LogP contribution in [0.5, 0.6) is 0 Å². The lowest BCUT2D eigenvalue weighted by atomic mass is 10.2. The predicted molar refractivity (Wildman–Crippen MR) is 90.0 cm³/mol. The van der Waals surface area contributed by atoms with E-state index >= 15 is 0 Å². The van der Waals surface area contributed by atoms with E-state index in [1.807, 2.05) is 18.2 Å². The molecule has 6 heteroatoms. The van der Waals surface area contributed by atoms with Gasteiger partial charge in [0.25, 0.3) is 5.56 Å². The van der Waals surface area contributed by atoms with Crippen LogP contribution in [0.4, 0.5) is 0 Å². The van der Waals surface area contributed by atoms with Gasteiger partial charge in [0.05, 0.1) is 16.3 Å². The highest BCUT2D eigenvalue weighted by molar-refractivity contribution is 8.00. The summed E-state index contributed by atoms with van der Waals surface area (Å²) in [5, 5.41) is 1.00. The van der Waals surface area contributed by atoms with Crippen LogP contribution in [0.2, 0.25) is 0 Å². The van der Waals surface area contributed by atoms with Crippen LogP contribution >= 0.6 is 23.5 Å². The van der Waals surface area contributed by atoms with Gasteiger partial charge in [-0.05, 0) is 0 Å². The maximum atomic E-state index is 12.3. The number of aromatic nitrogens is 2. The number of thioether (sulfide) groups is 2. The van der Waals surface area contributed by atoms with E-state index in [0.717, 1.165) is 17.0 Å². The van der Waals surface area contributed by atoms with Crippen molar-refractivity contribution < 1.29 is 4.79 Å². The minimum atomic E-state index is -0.00555. The standard InChI is InChI=1S/C16H16N2O2S2/c1-10-8-12-14(22-10)15(20)18(2)16(17-12)21-9-13(19)11-6-4-3-5-7-11/h3-7,10H,8-9H2,1-2H3/t10-/m1/s1. The van der Waals surface area contributed by atoms with Gasteiger partial charge in [-0.1, -0.05) is 49.0 Å². The van der Waals surface area contributed by atoms with E-state index in [4.69, 9.17) is 0 Å². The minimum absolute atomic E-state index is 0.00555. The zero-order chi connectivity index (χ0) is 15.7. The number of ketones is 1. The van der Waals surface area contributed by atoms with Gasteiger partial charge in [0, 0.05) is 24.3 Å². The molecule has 0 bridgehead atoms. The van der Waals surface area contributed by atoms with Gasteiger partial charge in [0.15, 0.2) is 10.9 Å². The number of benzene rings is 1. The molecule has 0 N–H and O–H groups in total. The van der Waals surface area contributed by atoms with Crippen LogP contribution in [-0.2, 0) is 13.5 Å². The monoisotopic (exact) mass is 332 g/mol. The Bertz CT molecular complexity index is 772. The molecule has 114 valence electrons. The molecule has 3 rings (SSSR count). The fourth-order valence-electron chi connectivity index (χ4n) is 2.34. The van der Waals surface area contributed by atoms with E-state index in [1.54, 1.807) is 35.5 Å². The SMILES string of the molecule is C[C@@H]1Cc2nc(SCC(=O)c3ccccc3)n(C)c(=O)c2S1. The number of hydrogen-bond acceptors (Lipinski definition) is 5. The van der Waals surface area contributed by atoms with Crippen molar-refractivity contribution in [2.45, 2.75) is 28.6 Å². The summed E-state index contributed by atoms with van der Waals surface area (Å²) in [5.41, 5.74) is 1.55. The van der Waals surface area contributed by atoms with Crippen molar-refractivity contribution in [2.24, 2.45) is 7.05 Å². The van der Waals surface area contributed by atoms with Crippen molar-refractivity contribution in [3.05, 3.63) is 51.9 Å². The highest BCUT2D eigenvalue weighted by Crippen LogP contribution is 2.33. The van der Waals surface area contributed by atoms with Crippen molar-refractivity contribution >= 4 is 29.3 Å². The van der Waals surface area contributed by atoms with Crippen LogP contribution in [0, 0.1) is 0 Å². The minimum Gasteiger partial charge on any atom is -0.293 e. The second kappa shape index (κ2) is 6.30. The summed E-state index contributed by atoms with van der Waals surface area (Å²) in [7, 11) is 1.72. The van der Waals surface area contributed by atoms with E-state index in [9.17, 15) is 9.59 Å². The Balaban J connectivity index is 1.79. The number of nitrogens with zero attached hydrogens (tertiary/aromatic N) is 2. The zero-order valence-corrected chi connectivity index (χ0v) is 14.0. The molecule has 2 aromatic rings. The van der Waals surface area contributed by atoms with Crippen LogP contribution in [0.25, 0.3) is 0 Å². The summed E-state index contributed by atoms with van der Waals surface area (Å²) in [6.07, 6.45) is 0.816. The molecule has 1 aliphatic rings. The fraction of sp³-hybridized carbons (Fsp3) is 0.312. The van der Waals surface area contributed by atoms with Gasteiger partial charge < -0.3 is 0 Å². The maximum absolute atomic E-state index is 12.3. The lowest BCUT2D eigenvalue weighted by Crippen LogP contribution is -2.22. The highest BCUT2D eigenvalue weighted by Gasteiger charge is 2.25. The summed E-state index contributed by atoms with van der Waals surface area (Å²) in [6, 6.07) is 9.18. The zero-order valence-electron chi connectivity index (χ0n) is 12.4. The molecule has 1 aliphatic heterocycles. The second-order valence-corrected chi connectivity index (χ2v) is 7.64. The van der Waals surface area contributed by atoms with Gasteiger partial charge in [0.1, 0.15) is 0 Å². The molecule has 1 aromatic carbocycles. The molecule has 0 fully saturated rings. The number of carbonyl (C=O) groups is 1. The average Bonchev–Trinajstić information content (AvgIpc) is 2.90. The molecule has 0 radical (unpaired) electrons. The molecule has 0 spiro atoms. The Morgan fingerprint density at radius 2 is 2.14 bits per heavy atom. The Kier molecular flexibility index (Phi) is 4.40. The summed E-state index contributed by atoms with van der Waals surface area (Å²) in [4.78, 5) is 29.8. The van der Waals surface area contributed by atoms with Crippen molar-refractivity contribution in [2.75, 3.05) is 5.75 Å². The molecule has 0 aliphatic carbocycles. The van der Waals surface area contributed by atoms with Crippen molar-refractivity contribution in [1.29, 1.82) is 0 Å². The average molecular weight is 332 g/mol. The van der Waals surface area contributed by atoms with Crippen LogP contribution in [0.3, 0.4) is 0 Å². The lowest BCUT2D eigenvalue weighted by Gasteiger charge is -2.08. The normalized spacial score (nSPS) is 16.5. The third kappa shape index (κ3) is 2.98. The third-order valence-corrected chi connectivity index (χ3v) is 5.75. The van der Waals surface area contributed by atoms with E-state index in [0.29, 0.717) is 16.0 Å². The van der Waals surface area contributed by atoms with Crippen molar-refractivity contribution in [1.82, 2.24) is 9.55 Å². The van der Waals surface area contributed by atoms with Gasteiger partial charge in [-0.2, -0.15) is 0 Å². The first-order valence-corrected chi connectivity index (χ1v) is 8.90. The van der Waals surface area contributed by atoms with Gasteiger partial charge in [-0.15, -0.1) is 11.8 Å². The van der Waals surface area contributed by atoms with Gasteiger partial charge in [0.2, 0.25) is 0 Å². The first kappa shape index (κ1) is 15.4. The number of fused-ring (bicyclic) bond motifs is 1. The molecule has 22 heavy (non-hydrogen) atoms. The van der Waals surface area contributed by atoms with Crippen LogP contribution in [0.1, 0.15) is 23.0 Å². The first-order chi connectivity index (χ1) is 10.6. The third-order valence-electron chi connectivity index (χ3n) is 3.51. The fourth-order valence-corrected chi connectivity index (χ4v) is 4.37. The van der Waals surface area contributed by atoms with Crippen LogP contribution < -0.4 is 5.56 Å². The number of hydrogen-bond donors (Lipinski definition) is 0. The Morgan fingerprint density at radius 3 is 2.86 bits per heavy atom. The van der Waals surface area contributed by atoms with E-state index in [1.165, 1.54) is 11.8 Å². The molecule has 4 nitrogen and oxygen atoms in total. The molecule has 0 unspecified atom stereocenters. The summed E-state index contributed by atoms with van der Waals surface area (Å²) in [6.45, 7) is 2.09.